The first-order valence-electron chi connectivity index (χ1n) is 11.4. The second-order valence-corrected chi connectivity index (χ2v) is 10.1. The highest BCUT2D eigenvalue weighted by molar-refractivity contribution is 8.04. The molecule has 1 saturated heterocycles. The highest BCUT2D eigenvalue weighted by Gasteiger charge is 2.47. The number of carbonyl (C=O) groups is 1. The topological polar surface area (TPSA) is 41.6 Å². The molecule has 1 aliphatic rings. The van der Waals surface area contributed by atoms with Crippen molar-refractivity contribution < 1.29 is 22.7 Å². The van der Waals surface area contributed by atoms with Crippen molar-refractivity contribution in [3.8, 4) is 0 Å². The lowest BCUT2D eigenvalue weighted by Gasteiger charge is -2.38. The molecular weight excluding hydrogens is 473 g/mol. The summed E-state index contributed by atoms with van der Waals surface area (Å²) in [5.74, 6) is -0.231. The number of anilines is 1. The summed E-state index contributed by atoms with van der Waals surface area (Å²) in [5.41, 5.74) is 2.74. The molecular formula is C27H31F3N2O2S. The molecule has 2 aromatic rings. The number of nitrogens with one attached hydrogen (secondary N) is 1. The van der Waals surface area contributed by atoms with Gasteiger partial charge in [-0.2, -0.15) is 13.2 Å². The van der Waals surface area contributed by atoms with Gasteiger partial charge in [-0.25, -0.2) is 4.79 Å². The molecule has 188 valence electrons. The number of nitrogens with zero attached hydrogens (tertiary/aromatic N) is 1. The molecule has 0 radical (unpaired) electrons. The van der Waals surface area contributed by atoms with Gasteiger partial charge < -0.3 is 10.1 Å². The molecule has 2 unspecified atom stereocenters. The molecule has 0 saturated carbocycles. The zero-order valence-corrected chi connectivity index (χ0v) is 21.4. The third-order valence-electron chi connectivity index (χ3n) is 6.13. The molecule has 2 atom stereocenters. The fourth-order valence-corrected chi connectivity index (χ4v) is 5.45. The summed E-state index contributed by atoms with van der Waals surface area (Å²) >= 11 is 1.49. The van der Waals surface area contributed by atoms with Gasteiger partial charge in [0.15, 0.2) is 4.99 Å². The maximum absolute atomic E-state index is 13.2. The van der Waals surface area contributed by atoms with Crippen LogP contribution in [0.5, 0.6) is 0 Å². The summed E-state index contributed by atoms with van der Waals surface area (Å²) in [5, 5.41) is 3.58. The smallest absolute Gasteiger partial charge is 0.416 e. The average Bonchev–Trinajstić information content (AvgIpc) is 3.02. The van der Waals surface area contributed by atoms with Crippen LogP contribution in [0.15, 0.2) is 60.0 Å². The number of carbonyl (C=O) groups excluding carboxylic acids is 1. The van der Waals surface area contributed by atoms with Crippen LogP contribution in [0.25, 0.3) is 6.08 Å². The molecule has 8 heteroatoms. The van der Waals surface area contributed by atoms with Crippen LogP contribution < -0.4 is 5.32 Å². The second-order valence-electron chi connectivity index (χ2n) is 8.78. The van der Waals surface area contributed by atoms with Crippen LogP contribution in [0.1, 0.15) is 55.9 Å². The van der Waals surface area contributed by atoms with Gasteiger partial charge in [0.2, 0.25) is 0 Å². The van der Waals surface area contributed by atoms with E-state index in [2.05, 4.69) is 30.6 Å². The lowest BCUT2D eigenvalue weighted by Crippen LogP contribution is -2.46. The minimum absolute atomic E-state index is 0.00569. The van der Waals surface area contributed by atoms with Gasteiger partial charge >= 0.3 is 12.1 Å². The summed E-state index contributed by atoms with van der Waals surface area (Å²) in [6, 6.07) is 11.1. The van der Waals surface area contributed by atoms with Gasteiger partial charge in [0.1, 0.15) is 0 Å². The van der Waals surface area contributed by atoms with E-state index >= 15 is 0 Å². The number of benzene rings is 2. The monoisotopic (exact) mass is 504 g/mol. The van der Waals surface area contributed by atoms with Crippen LogP contribution >= 0.6 is 11.8 Å². The van der Waals surface area contributed by atoms with Gasteiger partial charge in [-0.05, 0) is 73.2 Å². The van der Waals surface area contributed by atoms with Crippen LogP contribution in [0.2, 0.25) is 0 Å². The minimum atomic E-state index is -4.40. The van der Waals surface area contributed by atoms with E-state index in [0.717, 1.165) is 33.9 Å². The van der Waals surface area contributed by atoms with Crippen molar-refractivity contribution in [1.82, 2.24) is 4.90 Å². The van der Waals surface area contributed by atoms with E-state index in [1.165, 1.54) is 30.0 Å². The predicted molar refractivity (Wildman–Crippen MR) is 137 cm³/mol. The van der Waals surface area contributed by atoms with Crippen molar-refractivity contribution in [1.29, 1.82) is 0 Å². The molecule has 0 aliphatic carbocycles. The molecule has 0 bridgehead atoms. The number of hydrogen-bond donors (Lipinski definition) is 1. The van der Waals surface area contributed by atoms with Gasteiger partial charge in [-0.15, -0.1) is 0 Å². The highest BCUT2D eigenvalue weighted by atomic mass is 32.2. The van der Waals surface area contributed by atoms with Crippen LogP contribution in [-0.4, -0.2) is 30.6 Å². The second kappa shape index (κ2) is 10.5. The van der Waals surface area contributed by atoms with Crippen molar-refractivity contribution >= 4 is 29.5 Å². The zero-order valence-electron chi connectivity index (χ0n) is 20.6. The summed E-state index contributed by atoms with van der Waals surface area (Å²) < 4.78 is 44.5. The number of halogens is 3. The molecule has 4 nitrogen and oxygen atoms in total. The molecule has 1 aliphatic heterocycles. The number of esters is 1. The third kappa shape index (κ3) is 5.76. The summed E-state index contributed by atoms with van der Waals surface area (Å²) in [4.78, 5) is 13.9. The van der Waals surface area contributed by atoms with Crippen molar-refractivity contribution in [2.45, 2.75) is 50.8 Å². The van der Waals surface area contributed by atoms with Crippen LogP contribution in [0.3, 0.4) is 0 Å². The molecule has 0 aromatic heterocycles. The van der Waals surface area contributed by atoms with Crippen molar-refractivity contribution in [3.05, 3.63) is 82.3 Å². The Morgan fingerprint density at radius 3 is 2.43 bits per heavy atom. The Labute approximate surface area is 209 Å². The number of alkyl halides is 3. The molecule has 35 heavy (non-hydrogen) atoms. The van der Waals surface area contributed by atoms with E-state index in [9.17, 15) is 18.0 Å². The number of hydrogen-bond acceptors (Lipinski definition) is 5. The first kappa shape index (κ1) is 26.9. The highest BCUT2D eigenvalue weighted by Crippen LogP contribution is 2.52. The van der Waals surface area contributed by atoms with E-state index in [0.29, 0.717) is 12.2 Å². The SMILES string of the molecule is C=C1SC(Nc2ccc(/C=C/C(=O)OCC)c(C(C)C)c2)(c2ccc(C(F)(F)F)cc2)N(C)C1C. The fourth-order valence-electron chi connectivity index (χ4n) is 4.02. The Kier molecular flexibility index (Phi) is 8.07. The number of thioether (sulfide) groups is 1. The molecule has 0 amide bonds. The number of rotatable bonds is 7. The van der Waals surface area contributed by atoms with E-state index in [1.807, 2.05) is 32.2 Å². The lowest BCUT2D eigenvalue weighted by molar-refractivity contribution is -0.138. The molecule has 1 heterocycles. The third-order valence-corrected chi connectivity index (χ3v) is 7.66. The summed E-state index contributed by atoms with van der Waals surface area (Å²) in [6.45, 7) is 12.4. The Hall–Kier alpha value is -2.71. The molecule has 2 aromatic carbocycles. The maximum atomic E-state index is 13.2. The van der Waals surface area contributed by atoms with E-state index in [1.54, 1.807) is 13.0 Å². The molecule has 1 fully saturated rings. The Bertz CT molecular complexity index is 1110. The van der Waals surface area contributed by atoms with Gasteiger partial charge in [0, 0.05) is 23.4 Å². The molecule has 1 N–H and O–H groups in total. The minimum Gasteiger partial charge on any atom is -0.463 e. The van der Waals surface area contributed by atoms with Crippen molar-refractivity contribution in [2.24, 2.45) is 0 Å². The molecule has 3 rings (SSSR count). The zero-order chi connectivity index (χ0) is 26.0. The predicted octanol–water partition coefficient (Wildman–Crippen LogP) is 7.21. The standard InChI is InChI=1S/C27H31F3N2O2S/c1-7-34-25(33)15-9-20-8-14-23(16-24(20)17(2)3)31-27(32(6)18(4)19(5)35-27)22-12-10-21(11-13-22)26(28,29)30/h8-18,31H,5,7H2,1-4,6H3/b15-9+. The van der Waals surface area contributed by atoms with E-state index in [4.69, 9.17) is 4.74 Å². The Morgan fingerprint density at radius 2 is 1.91 bits per heavy atom. The quantitative estimate of drug-likeness (QED) is 0.319. The van der Waals surface area contributed by atoms with Crippen LogP contribution in [-0.2, 0) is 20.7 Å². The van der Waals surface area contributed by atoms with E-state index in [-0.39, 0.29) is 12.0 Å². The van der Waals surface area contributed by atoms with Gasteiger partial charge in [0.05, 0.1) is 12.2 Å². The molecule has 0 spiro atoms. The van der Waals surface area contributed by atoms with Crippen molar-refractivity contribution in [3.63, 3.8) is 0 Å². The largest absolute Gasteiger partial charge is 0.463 e. The average molecular weight is 505 g/mol. The Morgan fingerprint density at radius 1 is 1.26 bits per heavy atom. The van der Waals surface area contributed by atoms with Gasteiger partial charge in [0.25, 0.3) is 0 Å². The van der Waals surface area contributed by atoms with Crippen molar-refractivity contribution in [2.75, 3.05) is 19.0 Å². The number of ether oxygens (including phenoxy) is 1. The fraction of sp³-hybridized carbons (Fsp3) is 0.370. The Balaban J connectivity index is 2.02. The van der Waals surface area contributed by atoms with Crippen LogP contribution in [0, 0.1) is 0 Å². The summed E-state index contributed by atoms with van der Waals surface area (Å²) in [7, 11) is 1.93. The normalized spacial score (nSPS) is 21.2. The van der Waals surface area contributed by atoms with Crippen LogP contribution in [0.4, 0.5) is 18.9 Å². The lowest BCUT2D eigenvalue weighted by atomic mass is 9.96. The van der Waals surface area contributed by atoms with E-state index < -0.39 is 22.7 Å². The number of likely N-dealkylation sites (N-methyl/N-ethyl adjacent to an activating group) is 1. The van der Waals surface area contributed by atoms with Gasteiger partial charge in [-0.3, -0.25) is 4.90 Å². The first-order chi connectivity index (χ1) is 16.4. The summed E-state index contributed by atoms with van der Waals surface area (Å²) in [6.07, 6.45) is -1.25. The maximum Gasteiger partial charge on any atom is 0.416 e. The van der Waals surface area contributed by atoms with Gasteiger partial charge in [-0.1, -0.05) is 50.4 Å². The first-order valence-corrected chi connectivity index (χ1v) is 12.3.